The number of hydrogen-bond donors (Lipinski definition) is 0. The molecule has 158 valence electrons. The van der Waals surface area contributed by atoms with Gasteiger partial charge in [0.15, 0.2) is 0 Å². The largest absolute Gasteiger partial charge is 0.458 e. The van der Waals surface area contributed by atoms with Crippen LogP contribution < -0.4 is 0 Å². The lowest BCUT2D eigenvalue weighted by molar-refractivity contribution is -0.136. The van der Waals surface area contributed by atoms with E-state index in [0.29, 0.717) is 0 Å². The SMILES string of the molecule is C=CC(=O)OC/C=C/c1cn(C(c2ccccc2)(c2ccccc2)c2ccccc2)cn1. The van der Waals surface area contributed by atoms with E-state index in [1.54, 1.807) is 6.08 Å². The van der Waals surface area contributed by atoms with E-state index in [4.69, 9.17) is 4.74 Å². The van der Waals surface area contributed by atoms with Gasteiger partial charge in [-0.25, -0.2) is 9.78 Å². The summed E-state index contributed by atoms with van der Waals surface area (Å²) in [5.41, 5.74) is 3.56. The zero-order valence-electron chi connectivity index (χ0n) is 17.7. The fourth-order valence-corrected chi connectivity index (χ4v) is 3.95. The predicted molar refractivity (Wildman–Crippen MR) is 127 cm³/mol. The van der Waals surface area contributed by atoms with Gasteiger partial charge in [-0.05, 0) is 28.8 Å². The minimum absolute atomic E-state index is 0.166. The Morgan fingerprint density at radius 3 is 1.84 bits per heavy atom. The van der Waals surface area contributed by atoms with Gasteiger partial charge in [0.2, 0.25) is 0 Å². The van der Waals surface area contributed by atoms with Crippen molar-refractivity contribution in [1.29, 1.82) is 0 Å². The maximum Gasteiger partial charge on any atom is 0.330 e. The van der Waals surface area contributed by atoms with Crippen LogP contribution in [0.3, 0.4) is 0 Å². The lowest BCUT2D eigenvalue weighted by atomic mass is 9.77. The normalized spacial score (nSPS) is 11.4. The quantitative estimate of drug-likeness (QED) is 0.216. The first-order chi connectivity index (χ1) is 15.7. The number of nitrogens with zero attached hydrogens (tertiary/aromatic N) is 2. The summed E-state index contributed by atoms with van der Waals surface area (Å²) >= 11 is 0. The van der Waals surface area contributed by atoms with E-state index in [-0.39, 0.29) is 6.61 Å². The number of rotatable bonds is 8. The highest BCUT2D eigenvalue weighted by Gasteiger charge is 2.38. The van der Waals surface area contributed by atoms with Crippen molar-refractivity contribution in [3.8, 4) is 0 Å². The number of esters is 1. The zero-order valence-corrected chi connectivity index (χ0v) is 17.7. The minimum atomic E-state index is -0.599. The van der Waals surface area contributed by atoms with E-state index in [1.807, 2.05) is 36.8 Å². The van der Waals surface area contributed by atoms with E-state index in [9.17, 15) is 4.79 Å². The molecule has 0 radical (unpaired) electrons. The van der Waals surface area contributed by atoms with Gasteiger partial charge in [0.05, 0.1) is 12.0 Å². The summed E-state index contributed by atoms with van der Waals surface area (Å²) in [5.74, 6) is -0.448. The smallest absolute Gasteiger partial charge is 0.330 e. The third kappa shape index (κ3) is 4.16. The summed E-state index contributed by atoms with van der Waals surface area (Å²) in [6.45, 7) is 3.57. The molecule has 0 spiro atoms. The monoisotopic (exact) mass is 420 g/mol. The topological polar surface area (TPSA) is 44.1 Å². The first-order valence-corrected chi connectivity index (χ1v) is 10.4. The van der Waals surface area contributed by atoms with Crippen molar-refractivity contribution in [1.82, 2.24) is 9.55 Å². The van der Waals surface area contributed by atoms with E-state index >= 15 is 0 Å². The molecule has 0 fully saturated rings. The standard InChI is InChI=1S/C28H24N2O2/c1-2-27(31)32-20-12-19-26-21-30(22-29-26)28(23-13-6-3-7-14-23,24-15-8-4-9-16-24)25-17-10-5-11-18-25/h2-19,21-22H,1,20H2/b19-12+. The lowest BCUT2D eigenvalue weighted by Crippen LogP contribution is -2.36. The minimum Gasteiger partial charge on any atom is -0.458 e. The molecule has 0 unspecified atom stereocenters. The summed E-state index contributed by atoms with van der Waals surface area (Å²) in [6.07, 6.45) is 8.62. The third-order valence-corrected chi connectivity index (χ3v) is 5.34. The Morgan fingerprint density at radius 1 is 0.875 bits per heavy atom. The maximum atomic E-state index is 11.2. The molecule has 0 N–H and O–H groups in total. The van der Waals surface area contributed by atoms with Crippen LogP contribution in [0.1, 0.15) is 22.4 Å². The van der Waals surface area contributed by atoms with Crippen molar-refractivity contribution in [2.24, 2.45) is 0 Å². The van der Waals surface area contributed by atoms with Crippen LogP contribution in [0.25, 0.3) is 6.08 Å². The molecular formula is C28H24N2O2. The van der Waals surface area contributed by atoms with Gasteiger partial charge in [0, 0.05) is 12.3 Å². The molecule has 1 heterocycles. The van der Waals surface area contributed by atoms with Gasteiger partial charge in [-0.2, -0.15) is 0 Å². The lowest BCUT2D eigenvalue weighted by Gasteiger charge is -2.37. The highest BCUT2D eigenvalue weighted by molar-refractivity contribution is 5.81. The molecule has 4 heteroatoms. The molecule has 3 aromatic carbocycles. The van der Waals surface area contributed by atoms with Crippen LogP contribution in [0, 0.1) is 0 Å². The summed E-state index contributed by atoms with van der Waals surface area (Å²) in [4.78, 5) is 15.8. The maximum absolute atomic E-state index is 11.2. The third-order valence-electron chi connectivity index (χ3n) is 5.34. The Kier molecular flexibility index (Phi) is 6.42. The fourth-order valence-electron chi connectivity index (χ4n) is 3.95. The van der Waals surface area contributed by atoms with Crippen LogP contribution in [0.5, 0.6) is 0 Å². The van der Waals surface area contributed by atoms with E-state index in [2.05, 4.69) is 88.9 Å². The summed E-state index contributed by atoms with van der Waals surface area (Å²) in [7, 11) is 0. The van der Waals surface area contributed by atoms with Gasteiger partial charge in [0.1, 0.15) is 12.1 Å². The number of benzene rings is 3. The summed E-state index contributed by atoms with van der Waals surface area (Å²) < 4.78 is 7.16. The van der Waals surface area contributed by atoms with Crippen LogP contribution in [-0.4, -0.2) is 22.1 Å². The highest BCUT2D eigenvalue weighted by atomic mass is 16.5. The molecule has 4 rings (SSSR count). The molecular weight excluding hydrogens is 396 g/mol. The van der Waals surface area contributed by atoms with Crippen molar-refractivity contribution in [3.05, 3.63) is 145 Å². The van der Waals surface area contributed by atoms with E-state index < -0.39 is 11.5 Å². The Bertz CT molecular complexity index is 1100. The number of ether oxygens (including phenoxy) is 1. The number of aromatic nitrogens is 2. The highest BCUT2D eigenvalue weighted by Crippen LogP contribution is 2.40. The predicted octanol–water partition coefficient (Wildman–Crippen LogP) is 5.47. The van der Waals surface area contributed by atoms with Gasteiger partial charge < -0.3 is 9.30 Å². The molecule has 0 aliphatic heterocycles. The molecule has 0 saturated heterocycles. The van der Waals surface area contributed by atoms with Crippen molar-refractivity contribution in [2.45, 2.75) is 5.54 Å². The zero-order chi connectivity index (χ0) is 22.2. The average molecular weight is 421 g/mol. The molecule has 0 aliphatic rings. The second-order valence-corrected chi connectivity index (χ2v) is 7.25. The second-order valence-electron chi connectivity index (χ2n) is 7.25. The number of hydrogen-bond acceptors (Lipinski definition) is 3. The number of imidazole rings is 1. The molecule has 0 aliphatic carbocycles. The van der Waals surface area contributed by atoms with Crippen LogP contribution in [0.4, 0.5) is 0 Å². The van der Waals surface area contributed by atoms with Crippen LogP contribution >= 0.6 is 0 Å². The van der Waals surface area contributed by atoms with E-state index in [1.165, 1.54) is 0 Å². The van der Waals surface area contributed by atoms with Gasteiger partial charge in [-0.15, -0.1) is 0 Å². The first-order valence-electron chi connectivity index (χ1n) is 10.4. The van der Waals surface area contributed by atoms with Crippen molar-refractivity contribution < 1.29 is 9.53 Å². The summed E-state index contributed by atoms with van der Waals surface area (Å²) in [5, 5.41) is 0. The number of carbonyl (C=O) groups excluding carboxylic acids is 1. The Balaban J connectivity index is 1.84. The Morgan fingerprint density at radius 2 is 1.38 bits per heavy atom. The molecule has 0 bridgehead atoms. The van der Waals surface area contributed by atoms with Gasteiger partial charge in [-0.1, -0.05) is 97.6 Å². The van der Waals surface area contributed by atoms with E-state index in [0.717, 1.165) is 28.5 Å². The fraction of sp³-hybridized carbons (Fsp3) is 0.0714. The molecule has 0 amide bonds. The van der Waals surface area contributed by atoms with Crippen LogP contribution in [0.2, 0.25) is 0 Å². The average Bonchev–Trinajstić information content (AvgIpc) is 3.33. The Hall–Kier alpha value is -4.18. The molecule has 4 nitrogen and oxygen atoms in total. The second kappa shape index (κ2) is 9.75. The van der Waals surface area contributed by atoms with Gasteiger partial charge >= 0.3 is 5.97 Å². The first kappa shape index (κ1) is 21.1. The van der Waals surface area contributed by atoms with Crippen molar-refractivity contribution in [3.63, 3.8) is 0 Å². The van der Waals surface area contributed by atoms with Gasteiger partial charge in [0.25, 0.3) is 0 Å². The molecule has 0 atom stereocenters. The summed E-state index contributed by atoms with van der Waals surface area (Å²) in [6, 6.07) is 31.3. The number of carbonyl (C=O) groups is 1. The molecule has 1 aromatic heterocycles. The van der Waals surface area contributed by atoms with Crippen LogP contribution in [-0.2, 0) is 15.1 Å². The van der Waals surface area contributed by atoms with Crippen molar-refractivity contribution >= 4 is 12.0 Å². The molecule has 4 aromatic rings. The Labute approximate surface area is 188 Å². The van der Waals surface area contributed by atoms with Crippen LogP contribution in [0.15, 0.2) is 122 Å². The van der Waals surface area contributed by atoms with Crippen molar-refractivity contribution in [2.75, 3.05) is 6.61 Å². The molecule has 32 heavy (non-hydrogen) atoms. The van der Waals surface area contributed by atoms with Gasteiger partial charge in [-0.3, -0.25) is 0 Å². The molecule has 0 saturated carbocycles.